The van der Waals surface area contributed by atoms with Crippen LogP contribution in [-0.2, 0) is 4.79 Å². The summed E-state index contributed by atoms with van der Waals surface area (Å²) in [6.07, 6.45) is 1.52. The minimum absolute atomic E-state index is 0.0221. The maximum absolute atomic E-state index is 12.4. The third-order valence-electron chi connectivity index (χ3n) is 3.40. The number of anilines is 1. The third kappa shape index (κ3) is 6.11. The molecule has 0 heterocycles. The fourth-order valence-electron chi connectivity index (χ4n) is 2.22. The maximum Gasteiger partial charge on any atom is 0.266 e. The van der Waals surface area contributed by atoms with E-state index in [0.29, 0.717) is 29.4 Å². The van der Waals surface area contributed by atoms with Gasteiger partial charge in [0.1, 0.15) is 29.2 Å². The number of hydrogen-bond acceptors (Lipinski definition) is 5. The molecule has 6 nitrogen and oxygen atoms in total. The number of nitrogens with one attached hydrogen (secondary N) is 1. The van der Waals surface area contributed by atoms with Crippen molar-refractivity contribution in [1.29, 1.82) is 10.5 Å². The van der Waals surface area contributed by atoms with Crippen LogP contribution in [-0.4, -0.2) is 19.1 Å². The molecule has 0 saturated heterocycles. The van der Waals surface area contributed by atoms with E-state index in [0.717, 1.165) is 7.14 Å². The summed E-state index contributed by atoms with van der Waals surface area (Å²) in [6, 6.07) is 14.4. The van der Waals surface area contributed by atoms with E-state index < -0.39 is 5.91 Å². The zero-order valence-corrected chi connectivity index (χ0v) is 19.1. The maximum atomic E-state index is 12.4. The number of nitrogens with zero attached hydrogens (tertiary/aromatic N) is 2. The van der Waals surface area contributed by atoms with Gasteiger partial charge >= 0.3 is 0 Å². The van der Waals surface area contributed by atoms with Gasteiger partial charge in [-0.3, -0.25) is 4.79 Å². The van der Waals surface area contributed by atoms with Crippen molar-refractivity contribution in [2.24, 2.45) is 0 Å². The predicted octanol–water partition coefficient (Wildman–Crippen LogP) is 4.74. The summed E-state index contributed by atoms with van der Waals surface area (Å²) >= 11 is 4.18. The zero-order valence-electron chi connectivity index (χ0n) is 14.8. The molecule has 1 N–H and O–H groups in total. The van der Waals surface area contributed by atoms with Gasteiger partial charge in [-0.2, -0.15) is 10.5 Å². The van der Waals surface area contributed by atoms with Crippen LogP contribution in [0.2, 0.25) is 0 Å². The molecule has 0 aliphatic carbocycles. The summed E-state index contributed by atoms with van der Waals surface area (Å²) in [5, 5.41) is 20.8. The van der Waals surface area contributed by atoms with Crippen molar-refractivity contribution in [2.75, 3.05) is 18.5 Å². The van der Waals surface area contributed by atoms with Crippen molar-refractivity contribution in [1.82, 2.24) is 0 Å². The molecule has 142 valence electrons. The molecule has 2 rings (SSSR count). The van der Waals surface area contributed by atoms with Crippen LogP contribution in [0.25, 0.3) is 6.08 Å². The van der Waals surface area contributed by atoms with Gasteiger partial charge < -0.3 is 14.8 Å². The number of hydrogen-bond donors (Lipinski definition) is 1. The molecule has 1 amide bonds. The van der Waals surface area contributed by atoms with Gasteiger partial charge in [0.15, 0.2) is 6.61 Å². The molecule has 0 aromatic heterocycles. The van der Waals surface area contributed by atoms with Crippen LogP contribution in [0.4, 0.5) is 5.69 Å². The quantitative estimate of drug-likeness (QED) is 0.282. The van der Waals surface area contributed by atoms with E-state index in [2.05, 4.69) is 50.5 Å². The Balaban J connectivity index is 2.19. The fourth-order valence-corrected chi connectivity index (χ4v) is 4.35. The molecular weight excluding hydrogens is 584 g/mol. The minimum Gasteiger partial charge on any atom is -0.494 e. The lowest BCUT2D eigenvalue weighted by Gasteiger charge is -2.09. The van der Waals surface area contributed by atoms with Crippen LogP contribution < -0.4 is 14.8 Å². The predicted molar refractivity (Wildman–Crippen MR) is 123 cm³/mol. The second-order valence-corrected chi connectivity index (χ2v) is 7.67. The molecule has 0 saturated carbocycles. The number of ether oxygens (including phenoxy) is 2. The first-order valence-corrected chi connectivity index (χ1v) is 10.3. The molecule has 0 aliphatic heterocycles. The highest BCUT2D eigenvalue weighted by molar-refractivity contribution is 14.1. The Labute approximate surface area is 190 Å². The molecule has 0 bridgehead atoms. The molecule has 0 atom stereocenters. The second-order valence-electron chi connectivity index (χ2n) is 5.34. The van der Waals surface area contributed by atoms with E-state index in [1.165, 1.54) is 6.08 Å². The van der Waals surface area contributed by atoms with E-state index in [9.17, 15) is 10.1 Å². The van der Waals surface area contributed by atoms with Gasteiger partial charge in [-0.1, -0.05) is 0 Å². The Bertz CT molecular complexity index is 951. The lowest BCUT2D eigenvalue weighted by Crippen LogP contribution is -2.13. The molecule has 0 fully saturated rings. The van der Waals surface area contributed by atoms with Crippen molar-refractivity contribution in [3.05, 3.63) is 54.7 Å². The number of nitriles is 2. The van der Waals surface area contributed by atoms with Crippen molar-refractivity contribution < 1.29 is 14.3 Å². The van der Waals surface area contributed by atoms with E-state index in [1.54, 1.807) is 36.4 Å². The lowest BCUT2D eigenvalue weighted by atomic mass is 10.1. The molecule has 0 aliphatic rings. The van der Waals surface area contributed by atoms with E-state index in [-0.39, 0.29) is 12.2 Å². The number of carbonyl (C=O) groups excluding carboxylic acids is 1. The second kappa shape index (κ2) is 10.9. The summed E-state index contributed by atoms with van der Waals surface area (Å²) in [5.74, 6) is 0.818. The van der Waals surface area contributed by atoms with Gasteiger partial charge in [-0.05, 0) is 100 Å². The van der Waals surface area contributed by atoms with Crippen LogP contribution in [0, 0.1) is 29.8 Å². The first-order valence-electron chi connectivity index (χ1n) is 8.13. The normalized spacial score (nSPS) is 10.5. The number of halogens is 2. The molecular formula is C20H15I2N3O3. The van der Waals surface area contributed by atoms with Gasteiger partial charge in [0.25, 0.3) is 5.91 Å². The molecule has 2 aromatic rings. The van der Waals surface area contributed by atoms with Crippen LogP contribution in [0.15, 0.2) is 42.0 Å². The number of rotatable bonds is 7. The Hall–Kier alpha value is -2.31. The van der Waals surface area contributed by atoms with E-state index in [1.807, 2.05) is 19.1 Å². The monoisotopic (exact) mass is 599 g/mol. The summed E-state index contributed by atoms with van der Waals surface area (Å²) in [5.41, 5.74) is 1.24. The van der Waals surface area contributed by atoms with Crippen LogP contribution in [0.5, 0.6) is 11.5 Å². The molecule has 0 radical (unpaired) electrons. The highest BCUT2D eigenvalue weighted by atomic mass is 127. The Morgan fingerprint density at radius 2 is 1.79 bits per heavy atom. The first kappa shape index (κ1) is 22.0. The highest BCUT2D eigenvalue weighted by Gasteiger charge is 2.12. The Morgan fingerprint density at radius 1 is 1.14 bits per heavy atom. The topological polar surface area (TPSA) is 95.1 Å². The molecule has 8 heteroatoms. The zero-order chi connectivity index (χ0) is 20.5. The van der Waals surface area contributed by atoms with Gasteiger partial charge in [0, 0.05) is 5.69 Å². The summed E-state index contributed by atoms with van der Waals surface area (Å²) in [7, 11) is 0. The first-order chi connectivity index (χ1) is 13.5. The highest BCUT2D eigenvalue weighted by Crippen LogP contribution is 2.30. The van der Waals surface area contributed by atoms with Gasteiger partial charge in [0.2, 0.25) is 0 Å². The Kier molecular flexibility index (Phi) is 8.54. The van der Waals surface area contributed by atoms with Crippen LogP contribution in [0.3, 0.4) is 0 Å². The molecule has 28 heavy (non-hydrogen) atoms. The van der Waals surface area contributed by atoms with Crippen molar-refractivity contribution in [2.45, 2.75) is 6.92 Å². The summed E-state index contributed by atoms with van der Waals surface area (Å²) in [4.78, 5) is 12.4. The van der Waals surface area contributed by atoms with Crippen molar-refractivity contribution in [3.63, 3.8) is 0 Å². The lowest BCUT2D eigenvalue weighted by molar-refractivity contribution is -0.112. The van der Waals surface area contributed by atoms with E-state index in [4.69, 9.17) is 14.7 Å². The number of carbonyl (C=O) groups is 1. The van der Waals surface area contributed by atoms with Crippen LogP contribution in [0.1, 0.15) is 12.5 Å². The van der Waals surface area contributed by atoms with E-state index >= 15 is 0 Å². The average molecular weight is 599 g/mol. The van der Waals surface area contributed by atoms with Gasteiger partial charge in [0.05, 0.1) is 13.7 Å². The third-order valence-corrected chi connectivity index (χ3v) is 5.00. The fraction of sp³-hybridized carbons (Fsp3) is 0.150. The number of benzene rings is 2. The molecule has 0 unspecified atom stereocenters. The standard InChI is InChI=1S/C20H15I2N3O3/c1-2-27-16-5-3-15(4-6-16)25-20(26)14(12-24)9-13-10-17(21)19(18(22)11-13)28-8-7-23/h3-6,9-11H,2,8H2,1H3,(H,25,26)/b14-9-. The summed E-state index contributed by atoms with van der Waals surface area (Å²) < 4.78 is 12.3. The Morgan fingerprint density at radius 3 is 2.32 bits per heavy atom. The molecule has 0 spiro atoms. The average Bonchev–Trinajstić information content (AvgIpc) is 2.67. The number of amides is 1. The van der Waals surface area contributed by atoms with Gasteiger partial charge in [-0.25, -0.2) is 0 Å². The van der Waals surface area contributed by atoms with Crippen molar-refractivity contribution >= 4 is 62.9 Å². The van der Waals surface area contributed by atoms with Crippen LogP contribution >= 0.6 is 45.2 Å². The van der Waals surface area contributed by atoms with Crippen molar-refractivity contribution in [3.8, 4) is 23.6 Å². The molecule has 2 aromatic carbocycles. The van der Waals surface area contributed by atoms with Gasteiger partial charge in [-0.15, -0.1) is 0 Å². The largest absolute Gasteiger partial charge is 0.494 e. The smallest absolute Gasteiger partial charge is 0.266 e. The SMILES string of the molecule is CCOc1ccc(NC(=O)/C(C#N)=C\c2cc(I)c(OCC#N)c(I)c2)cc1. The summed E-state index contributed by atoms with van der Waals surface area (Å²) in [6.45, 7) is 2.41. The minimum atomic E-state index is -0.499.